The number of para-hydroxylation sites is 3. The van der Waals surface area contributed by atoms with Gasteiger partial charge in [0.15, 0.2) is 11.5 Å². The summed E-state index contributed by atoms with van der Waals surface area (Å²) in [6.07, 6.45) is 0.673. The molecule has 4 N–H and O–H groups in total. The number of hydrogen-bond acceptors (Lipinski definition) is 5. The summed E-state index contributed by atoms with van der Waals surface area (Å²) in [5, 5.41) is 10.2. The van der Waals surface area contributed by atoms with Gasteiger partial charge in [-0.3, -0.25) is 14.9 Å². The lowest BCUT2D eigenvalue weighted by Crippen LogP contribution is -2.47. The lowest BCUT2D eigenvalue weighted by atomic mass is 9.98. The van der Waals surface area contributed by atoms with Gasteiger partial charge in [-0.15, -0.1) is 0 Å². The molecule has 184 valence electrons. The van der Waals surface area contributed by atoms with Gasteiger partial charge in [0, 0.05) is 42.3 Å². The number of carbonyl (C=O) groups is 2. The topological polar surface area (TPSA) is 104 Å². The summed E-state index contributed by atoms with van der Waals surface area (Å²) in [7, 11) is 0. The number of ether oxygens (including phenoxy) is 2. The van der Waals surface area contributed by atoms with Crippen LogP contribution in [0, 0.1) is 0 Å². The second-order valence-corrected chi connectivity index (χ2v) is 8.71. The van der Waals surface area contributed by atoms with E-state index in [4.69, 9.17) is 9.47 Å². The highest BCUT2D eigenvalue weighted by Gasteiger charge is 2.26. The van der Waals surface area contributed by atoms with Crippen LogP contribution in [0.4, 0.5) is 5.69 Å². The molecule has 2 aliphatic rings. The molecule has 0 bridgehead atoms. The van der Waals surface area contributed by atoms with Gasteiger partial charge < -0.3 is 25.1 Å². The van der Waals surface area contributed by atoms with Crippen molar-refractivity contribution < 1.29 is 19.1 Å². The molecule has 0 fully saturated rings. The number of amides is 2. The molecular formula is C28H28N4O4. The molecule has 3 heterocycles. The molecule has 2 aliphatic heterocycles. The zero-order valence-corrected chi connectivity index (χ0v) is 20.0. The van der Waals surface area contributed by atoms with Gasteiger partial charge in [0.25, 0.3) is 0 Å². The Morgan fingerprint density at radius 3 is 2.36 bits per heavy atom. The molecule has 4 aromatic rings. The van der Waals surface area contributed by atoms with E-state index < -0.39 is 0 Å². The van der Waals surface area contributed by atoms with E-state index in [0.717, 1.165) is 34.0 Å². The Morgan fingerprint density at radius 1 is 0.944 bits per heavy atom. The highest BCUT2D eigenvalue weighted by molar-refractivity contribution is 5.89. The molecule has 1 atom stereocenters. The lowest BCUT2D eigenvalue weighted by molar-refractivity contribution is -0.123. The van der Waals surface area contributed by atoms with Crippen LogP contribution in [0.2, 0.25) is 0 Å². The van der Waals surface area contributed by atoms with Crippen LogP contribution in [0.25, 0.3) is 10.9 Å². The lowest BCUT2D eigenvalue weighted by Gasteiger charge is -2.23. The Kier molecular flexibility index (Phi) is 6.86. The zero-order valence-electron chi connectivity index (χ0n) is 20.0. The smallest absolute Gasteiger partial charge is 0.237 e. The van der Waals surface area contributed by atoms with Gasteiger partial charge in [-0.25, -0.2) is 0 Å². The fourth-order valence-corrected chi connectivity index (χ4v) is 4.39. The number of fused-ring (bicyclic) bond motifs is 4. The van der Waals surface area contributed by atoms with Gasteiger partial charge in [-0.1, -0.05) is 42.5 Å². The Bertz CT molecular complexity index is 1360. The number of hydrogen-bond donors (Lipinski definition) is 4. The van der Waals surface area contributed by atoms with E-state index in [0.29, 0.717) is 26.3 Å². The van der Waals surface area contributed by atoms with Crippen molar-refractivity contribution in [3.8, 4) is 11.5 Å². The quantitative estimate of drug-likeness (QED) is 0.352. The second-order valence-electron chi connectivity index (χ2n) is 8.71. The van der Waals surface area contributed by atoms with Gasteiger partial charge >= 0.3 is 0 Å². The number of carbonyl (C=O) groups excluding carboxylic acids is 2. The Labute approximate surface area is 209 Å². The molecule has 8 nitrogen and oxygen atoms in total. The number of anilines is 1. The molecular weight excluding hydrogens is 456 g/mol. The van der Waals surface area contributed by atoms with Crippen molar-refractivity contribution >= 4 is 28.4 Å². The third-order valence-corrected chi connectivity index (χ3v) is 6.17. The molecule has 8 heteroatoms. The summed E-state index contributed by atoms with van der Waals surface area (Å²) in [5.74, 6) is 1.59. The Morgan fingerprint density at radius 2 is 1.64 bits per heavy atom. The maximum Gasteiger partial charge on any atom is 0.237 e. The van der Waals surface area contributed by atoms with Crippen LogP contribution in [0.5, 0.6) is 11.5 Å². The minimum atomic E-state index is -0.240. The van der Waals surface area contributed by atoms with Gasteiger partial charge in [0.1, 0.15) is 0 Å². The monoisotopic (exact) mass is 484 g/mol. The van der Waals surface area contributed by atoms with Gasteiger partial charge in [0.2, 0.25) is 18.6 Å². The van der Waals surface area contributed by atoms with E-state index in [1.807, 2.05) is 60.7 Å². The number of aromatic amines is 1. The van der Waals surface area contributed by atoms with Crippen molar-refractivity contribution in [3.05, 3.63) is 89.6 Å². The standard InChI is InChI=1S/C21H22N4O2.C7H6O2/c1-13(26)24-15-8-6-14(7-9-15)11-23-21(27)19-10-17-16-4-2-3-5-18(16)25-20(17)12-22-19;1-2-4-7-6(3-1)8-5-9-7/h2-9,19,22,25H,10-12H2,1H3,(H,23,27)(H,24,26);1-4H,5H2/t19-;/m0./s1. The first-order chi connectivity index (χ1) is 17.6. The van der Waals surface area contributed by atoms with Crippen molar-refractivity contribution in [2.45, 2.75) is 32.5 Å². The predicted molar refractivity (Wildman–Crippen MR) is 138 cm³/mol. The molecule has 2 amide bonds. The summed E-state index contributed by atoms with van der Waals surface area (Å²) in [6.45, 7) is 2.95. The van der Waals surface area contributed by atoms with Crippen LogP contribution in [0.15, 0.2) is 72.8 Å². The normalized spacial score (nSPS) is 15.4. The molecule has 0 unspecified atom stereocenters. The van der Waals surface area contributed by atoms with Crippen LogP contribution in [-0.2, 0) is 29.1 Å². The van der Waals surface area contributed by atoms with Gasteiger partial charge in [0.05, 0.1) is 6.04 Å². The fraction of sp³-hybridized carbons (Fsp3) is 0.214. The van der Waals surface area contributed by atoms with Crippen LogP contribution < -0.4 is 25.4 Å². The van der Waals surface area contributed by atoms with E-state index in [-0.39, 0.29) is 17.9 Å². The molecule has 0 saturated carbocycles. The largest absolute Gasteiger partial charge is 0.454 e. The third-order valence-electron chi connectivity index (χ3n) is 6.17. The fourth-order valence-electron chi connectivity index (χ4n) is 4.39. The summed E-state index contributed by atoms with van der Waals surface area (Å²) in [5.41, 5.74) is 5.24. The first-order valence-electron chi connectivity index (χ1n) is 11.9. The third kappa shape index (κ3) is 5.34. The molecule has 0 aliphatic carbocycles. The van der Waals surface area contributed by atoms with Crippen LogP contribution >= 0.6 is 0 Å². The first kappa shape index (κ1) is 23.4. The highest BCUT2D eigenvalue weighted by Crippen LogP contribution is 2.30. The maximum atomic E-state index is 12.6. The summed E-state index contributed by atoms with van der Waals surface area (Å²) < 4.78 is 10.2. The number of nitrogens with one attached hydrogen (secondary N) is 4. The molecule has 0 saturated heterocycles. The Hall–Kier alpha value is -4.30. The molecule has 3 aromatic carbocycles. The number of rotatable bonds is 4. The Balaban J connectivity index is 0.000000247. The number of aromatic nitrogens is 1. The number of H-pyrrole nitrogens is 1. The minimum Gasteiger partial charge on any atom is -0.454 e. The predicted octanol–water partition coefficient (Wildman–Crippen LogP) is 3.87. The molecule has 6 rings (SSSR count). The molecule has 0 spiro atoms. The summed E-state index contributed by atoms with van der Waals surface area (Å²) in [4.78, 5) is 27.1. The minimum absolute atomic E-state index is 0.00290. The second kappa shape index (κ2) is 10.5. The van der Waals surface area contributed by atoms with Crippen molar-refractivity contribution in [2.75, 3.05) is 12.1 Å². The van der Waals surface area contributed by atoms with Gasteiger partial charge in [-0.2, -0.15) is 0 Å². The SMILES string of the molecule is CC(=O)Nc1ccc(CNC(=O)[C@@H]2Cc3c([nH]c4ccccc34)CN2)cc1.c1ccc2c(c1)OCO2. The average Bonchev–Trinajstić information content (AvgIpc) is 3.52. The molecule has 1 aromatic heterocycles. The van der Waals surface area contributed by atoms with E-state index in [1.165, 1.54) is 17.9 Å². The van der Waals surface area contributed by atoms with Crippen LogP contribution in [0.1, 0.15) is 23.7 Å². The molecule has 0 radical (unpaired) electrons. The number of benzene rings is 3. The van der Waals surface area contributed by atoms with Crippen LogP contribution in [-0.4, -0.2) is 29.6 Å². The van der Waals surface area contributed by atoms with Crippen molar-refractivity contribution in [1.29, 1.82) is 0 Å². The van der Waals surface area contributed by atoms with E-state index in [9.17, 15) is 9.59 Å². The van der Waals surface area contributed by atoms with Crippen LogP contribution in [0.3, 0.4) is 0 Å². The van der Waals surface area contributed by atoms with E-state index in [2.05, 4.69) is 33.1 Å². The maximum absolute atomic E-state index is 12.6. The van der Waals surface area contributed by atoms with Crippen molar-refractivity contribution in [3.63, 3.8) is 0 Å². The van der Waals surface area contributed by atoms with Crippen molar-refractivity contribution in [2.24, 2.45) is 0 Å². The molecule has 36 heavy (non-hydrogen) atoms. The van der Waals surface area contributed by atoms with E-state index in [1.54, 1.807) is 0 Å². The summed E-state index contributed by atoms with van der Waals surface area (Å²) in [6, 6.07) is 23.1. The summed E-state index contributed by atoms with van der Waals surface area (Å²) >= 11 is 0. The average molecular weight is 485 g/mol. The van der Waals surface area contributed by atoms with Crippen molar-refractivity contribution in [1.82, 2.24) is 15.6 Å². The van der Waals surface area contributed by atoms with Gasteiger partial charge in [-0.05, 0) is 47.9 Å². The highest BCUT2D eigenvalue weighted by atomic mass is 16.7. The van der Waals surface area contributed by atoms with E-state index >= 15 is 0 Å². The zero-order chi connectivity index (χ0) is 24.9. The first-order valence-corrected chi connectivity index (χ1v) is 11.9.